The molecule has 0 saturated carbocycles. The van der Waals surface area contributed by atoms with Crippen LogP contribution in [0, 0.1) is 11.7 Å². The van der Waals surface area contributed by atoms with E-state index in [1.807, 2.05) is 4.90 Å². The number of carbonyl (C=O) groups excluding carboxylic acids is 1. The average Bonchev–Trinajstić information content (AvgIpc) is 2.76. The zero-order valence-corrected chi connectivity index (χ0v) is 17.2. The summed E-state index contributed by atoms with van der Waals surface area (Å²) in [6, 6.07) is 15.4. The molecule has 1 amide bonds. The quantitative estimate of drug-likeness (QED) is 0.784. The lowest BCUT2D eigenvalue weighted by Crippen LogP contribution is -2.49. The van der Waals surface area contributed by atoms with Crippen molar-refractivity contribution in [3.63, 3.8) is 0 Å². The molecule has 2 aromatic rings. The fourth-order valence-electron chi connectivity index (χ4n) is 4.27. The van der Waals surface area contributed by atoms with Gasteiger partial charge in [-0.3, -0.25) is 4.79 Å². The van der Waals surface area contributed by atoms with Crippen LogP contribution in [0.1, 0.15) is 25.3 Å². The predicted octanol–water partition coefficient (Wildman–Crippen LogP) is 3.95. The zero-order valence-electron chi connectivity index (χ0n) is 17.2. The van der Waals surface area contributed by atoms with Crippen LogP contribution in [0.25, 0.3) is 0 Å². The van der Waals surface area contributed by atoms with Gasteiger partial charge in [0.05, 0.1) is 6.42 Å². The second-order valence-corrected chi connectivity index (χ2v) is 8.32. The Morgan fingerprint density at radius 3 is 2.00 bits per heavy atom. The van der Waals surface area contributed by atoms with Crippen LogP contribution >= 0.6 is 0 Å². The maximum atomic E-state index is 13.8. The largest absolute Gasteiger partial charge is 0.372 e. The van der Waals surface area contributed by atoms with Crippen molar-refractivity contribution in [2.75, 3.05) is 49.1 Å². The molecule has 0 aliphatic carbocycles. The number of halogens is 1. The van der Waals surface area contributed by atoms with Crippen molar-refractivity contribution in [2.24, 2.45) is 5.92 Å². The van der Waals surface area contributed by atoms with Crippen LogP contribution in [0.15, 0.2) is 48.5 Å². The summed E-state index contributed by atoms with van der Waals surface area (Å²) in [6.07, 6.45) is 2.67. The third-order valence-electron chi connectivity index (χ3n) is 6.30. The van der Waals surface area contributed by atoms with E-state index in [1.54, 1.807) is 18.2 Å². The third kappa shape index (κ3) is 4.72. The topological polar surface area (TPSA) is 26.8 Å². The molecule has 2 aliphatic heterocycles. The van der Waals surface area contributed by atoms with Crippen molar-refractivity contribution in [3.05, 3.63) is 59.9 Å². The normalized spacial score (nSPS) is 18.2. The average molecular weight is 396 g/mol. The van der Waals surface area contributed by atoms with Crippen molar-refractivity contribution < 1.29 is 9.18 Å². The molecule has 0 bridgehead atoms. The van der Waals surface area contributed by atoms with Crippen molar-refractivity contribution in [2.45, 2.75) is 26.2 Å². The molecular weight excluding hydrogens is 365 g/mol. The van der Waals surface area contributed by atoms with Gasteiger partial charge in [-0.1, -0.05) is 25.1 Å². The lowest BCUT2D eigenvalue weighted by molar-refractivity contribution is -0.130. The minimum absolute atomic E-state index is 0.00410. The number of anilines is 2. The first-order valence-electron chi connectivity index (χ1n) is 10.7. The molecular formula is C24H30FN3O. The van der Waals surface area contributed by atoms with Gasteiger partial charge in [-0.15, -0.1) is 0 Å². The second kappa shape index (κ2) is 8.85. The number of nitrogens with zero attached hydrogens (tertiary/aromatic N) is 3. The van der Waals surface area contributed by atoms with Crippen molar-refractivity contribution in [3.8, 4) is 0 Å². The highest BCUT2D eigenvalue weighted by atomic mass is 19.1. The van der Waals surface area contributed by atoms with E-state index in [0.29, 0.717) is 18.7 Å². The summed E-state index contributed by atoms with van der Waals surface area (Å²) in [7, 11) is 0. The molecule has 0 atom stereocenters. The van der Waals surface area contributed by atoms with E-state index in [0.717, 1.165) is 32.1 Å². The molecule has 0 unspecified atom stereocenters. The second-order valence-electron chi connectivity index (χ2n) is 8.32. The molecule has 0 spiro atoms. The number of rotatable bonds is 4. The van der Waals surface area contributed by atoms with Gasteiger partial charge in [0, 0.05) is 50.6 Å². The zero-order chi connectivity index (χ0) is 20.2. The van der Waals surface area contributed by atoms with Crippen molar-refractivity contribution in [1.82, 2.24) is 4.90 Å². The fourth-order valence-corrected chi connectivity index (χ4v) is 4.27. The maximum absolute atomic E-state index is 13.8. The molecule has 2 saturated heterocycles. The first kappa shape index (κ1) is 19.7. The smallest absolute Gasteiger partial charge is 0.227 e. The Hall–Kier alpha value is -2.56. The first-order chi connectivity index (χ1) is 14.1. The summed E-state index contributed by atoms with van der Waals surface area (Å²) in [6.45, 7) is 7.60. The molecule has 5 heteroatoms. The molecule has 0 aromatic heterocycles. The number of hydrogen-bond acceptors (Lipinski definition) is 3. The Bertz CT molecular complexity index is 822. The van der Waals surface area contributed by atoms with Gasteiger partial charge in [-0.05, 0) is 54.7 Å². The monoisotopic (exact) mass is 395 g/mol. The van der Waals surface area contributed by atoms with Gasteiger partial charge in [0.15, 0.2) is 0 Å². The first-order valence-corrected chi connectivity index (χ1v) is 10.7. The van der Waals surface area contributed by atoms with E-state index in [4.69, 9.17) is 0 Å². The number of hydrogen-bond donors (Lipinski definition) is 0. The van der Waals surface area contributed by atoms with Gasteiger partial charge in [-0.25, -0.2) is 4.39 Å². The Balaban J connectivity index is 1.30. The Morgan fingerprint density at radius 2 is 1.41 bits per heavy atom. The number of carbonyl (C=O) groups is 1. The van der Waals surface area contributed by atoms with Crippen LogP contribution in [0.2, 0.25) is 0 Å². The minimum atomic E-state index is -0.303. The summed E-state index contributed by atoms with van der Waals surface area (Å²) in [5, 5.41) is 0. The molecule has 154 valence electrons. The number of benzene rings is 2. The Kier molecular flexibility index (Phi) is 6.02. The molecule has 0 radical (unpaired) electrons. The fraction of sp³-hybridized carbons (Fsp3) is 0.458. The molecule has 2 fully saturated rings. The lowest BCUT2D eigenvalue weighted by Gasteiger charge is -2.37. The van der Waals surface area contributed by atoms with Crippen LogP contribution < -0.4 is 9.80 Å². The van der Waals surface area contributed by atoms with Gasteiger partial charge in [-0.2, -0.15) is 0 Å². The molecule has 2 aromatic carbocycles. The standard InChI is InChI=1S/C24H30FN3O/c1-19-10-12-26(13-11-19)21-6-8-22(9-7-21)27-14-16-28(17-15-27)24(29)18-20-4-2-3-5-23(20)25/h2-9,19H,10-18H2,1H3. The Morgan fingerprint density at radius 1 is 0.862 bits per heavy atom. The molecule has 29 heavy (non-hydrogen) atoms. The number of amides is 1. The van der Waals surface area contributed by atoms with Crippen molar-refractivity contribution >= 4 is 17.3 Å². The highest BCUT2D eigenvalue weighted by molar-refractivity contribution is 5.79. The van der Waals surface area contributed by atoms with Crippen molar-refractivity contribution in [1.29, 1.82) is 0 Å². The summed E-state index contributed by atoms with van der Waals surface area (Å²) in [5.74, 6) is 0.537. The summed E-state index contributed by atoms with van der Waals surface area (Å²) in [5.41, 5.74) is 2.99. The van der Waals surface area contributed by atoms with E-state index in [9.17, 15) is 9.18 Å². The van der Waals surface area contributed by atoms with Gasteiger partial charge >= 0.3 is 0 Å². The van der Waals surface area contributed by atoms with Gasteiger partial charge in [0.2, 0.25) is 5.91 Å². The predicted molar refractivity (Wildman–Crippen MR) is 116 cm³/mol. The minimum Gasteiger partial charge on any atom is -0.372 e. The molecule has 0 N–H and O–H groups in total. The molecule has 2 heterocycles. The van der Waals surface area contributed by atoms with Crippen LogP contribution in [-0.4, -0.2) is 50.1 Å². The molecule has 2 aliphatic rings. The Labute approximate surface area is 172 Å². The van der Waals surface area contributed by atoms with Gasteiger partial charge < -0.3 is 14.7 Å². The summed E-state index contributed by atoms with van der Waals surface area (Å²) < 4.78 is 13.8. The third-order valence-corrected chi connectivity index (χ3v) is 6.30. The number of piperazine rings is 1. The maximum Gasteiger partial charge on any atom is 0.227 e. The highest BCUT2D eigenvalue weighted by Crippen LogP contribution is 2.26. The lowest BCUT2D eigenvalue weighted by atomic mass is 9.99. The van der Waals surface area contributed by atoms with E-state index in [2.05, 4.69) is 41.0 Å². The summed E-state index contributed by atoms with van der Waals surface area (Å²) in [4.78, 5) is 19.2. The van der Waals surface area contributed by atoms with Gasteiger partial charge in [0.25, 0.3) is 0 Å². The van der Waals surface area contributed by atoms with Crippen LogP contribution in [-0.2, 0) is 11.2 Å². The highest BCUT2D eigenvalue weighted by Gasteiger charge is 2.22. The molecule has 4 nitrogen and oxygen atoms in total. The van der Waals surface area contributed by atoms with E-state index < -0.39 is 0 Å². The van der Waals surface area contributed by atoms with E-state index in [1.165, 1.54) is 30.3 Å². The number of piperidine rings is 1. The van der Waals surface area contributed by atoms with E-state index >= 15 is 0 Å². The van der Waals surface area contributed by atoms with Crippen LogP contribution in [0.4, 0.5) is 15.8 Å². The van der Waals surface area contributed by atoms with Crippen LogP contribution in [0.3, 0.4) is 0 Å². The van der Waals surface area contributed by atoms with Gasteiger partial charge in [0.1, 0.15) is 5.82 Å². The summed E-state index contributed by atoms with van der Waals surface area (Å²) >= 11 is 0. The van der Waals surface area contributed by atoms with E-state index in [-0.39, 0.29) is 18.1 Å². The SMILES string of the molecule is CC1CCN(c2ccc(N3CCN(C(=O)Cc4ccccc4F)CC3)cc2)CC1. The molecule has 4 rings (SSSR count). The van der Waals surface area contributed by atoms with Crippen LogP contribution in [0.5, 0.6) is 0 Å².